The topological polar surface area (TPSA) is 85.6 Å². The highest BCUT2D eigenvalue weighted by Gasteiger charge is 2.04. The number of hydrogen-bond donors (Lipinski definition) is 2. The Morgan fingerprint density at radius 1 is 1.19 bits per heavy atom. The molecule has 0 bridgehead atoms. The molecule has 2 aromatic rings. The highest BCUT2D eigenvalue weighted by Crippen LogP contribution is 2.17. The highest BCUT2D eigenvalue weighted by molar-refractivity contribution is 5.79. The van der Waals surface area contributed by atoms with Gasteiger partial charge in [-0.2, -0.15) is 0 Å². The average molecular weight is 374 g/mol. The monoisotopic (exact) mass is 374 g/mol. The molecular formula is C19H30N6O2. The molecule has 2 N–H and O–H groups in total. The lowest BCUT2D eigenvalue weighted by atomic mass is 10.1. The minimum absolute atomic E-state index is 0.588. The number of ether oxygens (including phenoxy) is 2. The van der Waals surface area contributed by atoms with Crippen LogP contribution in [0.5, 0.6) is 5.75 Å². The number of aromatic nitrogens is 3. The normalized spacial score (nSPS) is 11.4. The maximum atomic E-state index is 5.41. The molecule has 0 radical (unpaired) electrons. The quantitative estimate of drug-likeness (QED) is 0.350. The van der Waals surface area contributed by atoms with E-state index in [0.29, 0.717) is 13.2 Å². The molecule has 0 fully saturated rings. The van der Waals surface area contributed by atoms with E-state index in [4.69, 9.17) is 9.47 Å². The first-order valence-corrected chi connectivity index (χ1v) is 9.28. The number of nitrogens with zero attached hydrogens (tertiary/aromatic N) is 4. The molecule has 8 nitrogen and oxygen atoms in total. The average Bonchev–Trinajstić information content (AvgIpc) is 3.15. The van der Waals surface area contributed by atoms with Crippen molar-refractivity contribution in [1.29, 1.82) is 0 Å². The molecule has 0 atom stereocenters. The lowest BCUT2D eigenvalue weighted by molar-refractivity contribution is 0.208. The Bertz CT molecular complexity index is 701. The Morgan fingerprint density at radius 2 is 2.00 bits per heavy atom. The van der Waals surface area contributed by atoms with Gasteiger partial charge >= 0.3 is 0 Å². The van der Waals surface area contributed by atoms with E-state index in [1.54, 1.807) is 20.5 Å². The molecule has 1 aromatic heterocycles. The first-order chi connectivity index (χ1) is 13.3. The van der Waals surface area contributed by atoms with E-state index in [9.17, 15) is 0 Å². The van der Waals surface area contributed by atoms with E-state index in [0.717, 1.165) is 50.0 Å². The number of methoxy groups -OCH3 is 2. The van der Waals surface area contributed by atoms with Crippen molar-refractivity contribution in [2.24, 2.45) is 4.99 Å². The zero-order valence-electron chi connectivity index (χ0n) is 16.4. The van der Waals surface area contributed by atoms with Gasteiger partial charge in [0.25, 0.3) is 0 Å². The summed E-state index contributed by atoms with van der Waals surface area (Å²) in [4.78, 5) is 4.55. The van der Waals surface area contributed by atoms with Crippen LogP contribution >= 0.6 is 0 Å². The van der Waals surface area contributed by atoms with Gasteiger partial charge < -0.3 is 24.7 Å². The summed E-state index contributed by atoms with van der Waals surface area (Å²) in [6, 6.07) is 8.05. The molecule has 2 rings (SSSR count). The van der Waals surface area contributed by atoms with Crippen LogP contribution in [-0.2, 0) is 24.1 Å². The molecule has 0 spiro atoms. The smallest absolute Gasteiger partial charge is 0.191 e. The van der Waals surface area contributed by atoms with Gasteiger partial charge in [-0.25, -0.2) is 0 Å². The summed E-state index contributed by atoms with van der Waals surface area (Å²) in [5, 5.41) is 14.8. The lowest BCUT2D eigenvalue weighted by Crippen LogP contribution is -2.40. The van der Waals surface area contributed by atoms with Crippen molar-refractivity contribution in [3.05, 3.63) is 42.0 Å². The predicted octanol–water partition coefficient (Wildman–Crippen LogP) is 1.27. The molecule has 0 saturated carbocycles. The van der Waals surface area contributed by atoms with Crippen molar-refractivity contribution in [3.8, 4) is 5.75 Å². The fourth-order valence-corrected chi connectivity index (χ4v) is 2.68. The van der Waals surface area contributed by atoms with Crippen molar-refractivity contribution >= 4 is 5.96 Å². The van der Waals surface area contributed by atoms with E-state index < -0.39 is 0 Å². The predicted molar refractivity (Wildman–Crippen MR) is 106 cm³/mol. The maximum Gasteiger partial charge on any atom is 0.191 e. The minimum atomic E-state index is 0.588. The van der Waals surface area contributed by atoms with Gasteiger partial charge in [-0.15, -0.1) is 10.2 Å². The molecule has 0 aliphatic heterocycles. The number of guanidine groups is 1. The highest BCUT2D eigenvalue weighted by atomic mass is 16.5. The van der Waals surface area contributed by atoms with Gasteiger partial charge in [0, 0.05) is 33.2 Å². The van der Waals surface area contributed by atoms with E-state index >= 15 is 0 Å². The van der Waals surface area contributed by atoms with Crippen molar-refractivity contribution in [2.45, 2.75) is 26.3 Å². The third kappa shape index (κ3) is 6.90. The van der Waals surface area contributed by atoms with Gasteiger partial charge in [-0.1, -0.05) is 25.1 Å². The number of benzene rings is 1. The number of aliphatic imine (C=N–C) groups is 1. The first kappa shape index (κ1) is 20.7. The standard InChI is InChI=1S/C19H30N6O2/c1-4-18-24-23-15-25(18)13-11-21-19(22-12-14-26-2)20-10-9-16-7-5-6-8-17(16)27-3/h5-8,15H,4,9-14H2,1-3H3,(H2,20,21,22). The number of hydrogen-bond acceptors (Lipinski definition) is 5. The molecule has 0 amide bonds. The van der Waals surface area contributed by atoms with Crippen molar-refractivity contribution in [2.75, 3.05) is 40.5 Å². The fourth-order valence-electron chi connectivity index (χ4n) is 2.68. The zero-order chi connectivity index (χ0) is 19.3. The second-order valence-electron chi connectivity index (χ2n) is 5.93. The van der Waals surface area contributed by atoms with E-state index in [2.05, 4.69) is 43.4 Å². The minimum Gasteiger partial charge on any atom is -0.496 e. The van der Waals surface area contributed by atoms with Crippen LogP contribution in [0.15, 0.2) is 35.6 Å². The zero-order valence-corrected chi connectivity index (χ0v) is 16.4. The Morgan fingerprint density at radius 3 is 2.78 bits per heavy atom. The summed E-state index contributed by atoms with van der Waals surface area (Å²) in [5.41, 5.74) is 1.17. The van der Waals surface area contributed by atoms with E-state index in [1.165, 1.54) is 5.56 Å². The van der Waals surface area contributed by atoms with Crippen LogP contribution in [-0.4, -0.2) is 61.2 Å². The second-order valence-corrected chi connectivity index (χ2v) is 5.93. The number of nitrogens with one attached hydrogen (secondary N) is 2. The van der Waals surface area contributed by atoms with Gasteiger partial charge in [-0.05, 0) is 18.1 Å². The van der Waals surface area contributed by atoms with Crippen LogP contribution in [0.4, 0.5) is 0 Å². The molecule has 0 unspecified atom stereocenters. The maximum absolute atomic E-state index is 5.41. The summed E-state index contributed by atoms with van der Waals surface area (Å²) in [6.07, 6.45) is 3.48. The van der Waals surface area contributed by atoms with Gasteiger partial charge in [-0.3, -0.25) is 4.99 Å². The Balaban J connectivity index is 1.85. The van der Waals surface area contributed by atoms with Crippen molar-refractivity contribution in [3.63, 3.8) is 0 Å². The second kappa shape index (κ2) is 11.9. The number of rotatable bonds is 11. The summed E-state index contributed by atoms with van der Waals surface area (Å²) < 4.78 is 12.5. The largest absolute Gasteiger partial charge is 0.496 e. The SMILES string of the molecule is CCc1nncn1CCNC(=NCCOC)NCCc1ccccc1OC. The third-order valence-corrected chi connectivity index (χ3v) is 4.10. The summed E-state index contributed by atoms with van der Waals surface area (Å²) in [5.74, 6) is 2.66. The Kier molecular flexibility index (Phi) is 9.12. The fraction of sp³-hybridized carbons (Fsp3) is 0.526. The van der Waals surface area contributed by atoms with Crippen molar-refractivity contribution < 1.29 is 9.47 Å². The van der Waals surface area contributed by atoms with Crippen molar-refractivity contribution in [1.82, 2.24) is 25.4 Å². The van der Waals surface area contributed by atoms with Gasteiger partial charge in [0.1, 0.15) is 17.9 Å². The lowest BCUT2D eigenvalue weighted by Gasteiger charge is -2.14. The van der Waals surface area contributed by atoms with Gasteiger partial charge in [0.2, 0.25) is 0 Å². The van der Waals surface area contributed by atoms with Crippen LogP contribution < -0.4 is 15.4 Å². The first-order valence-electron chi connectivity index (χ1n) is 9.28. The number of para-hydroxylation sites is 1. The molecule has 148 valence electrons. The van der Waals surface area contributed by atoms with Crippen LogP contribution in [0.3, 0.4) is 0 Å². The van der Waals surface area contributed by atoms with Crippen LogP contribution in [0, 0.1) is 0 Å². The van der Waals surface area contributed by atoms with Gasteiger partial charge in [0.05, 0.1) is 20.3 Å². The van der Waals surface area contributed by atoms with Crippen LogP contribution in [0.2, 0.25) is 0 Å². The molecule has 27 heavy (non-hydrogen) atoms. The molecular weight excluding hydrogens is 344 g/mol. The van der Waals surface area contributed by atoms with Crippen LogP contribution in [0.25, 0.3) is 0 Å². The van der Waals surface area contributed by atoms with Gasteiger partial charge in [0.15, 0.2) is 5.96 Å². The van der Waals surface area contributed by atoms with E-state index in [1.807, 2.05) is 18.2 Å². The molecule has 8 heteroatoms. The summed E-state index contributed by atoms with van der Waals surface area (Å²) in [7, 11) is 3.37. The molecule has 0 saturated heterocycles. The molecule has 1 aromatic carbocycles. The number of aryl methyl sites for hydroxylation is 1. The Hall–Kier alpha value is -2.61. The molecule has 0 aliphatic carbocycles. The summed E-state index contributed by atoms with van der Waals surface area (Å²) >= 11 is 0. The van der Waals surface area contributed by atoms with Crippen LogP contribution in [0.1, 0.15) is 18.3 Å². The summed E-state index contributed by atoms with van der Waals surface area (Å²) in [6.45, 7) is 5.54. The third-order valence-electron chi connectivity index (χ3n) is 4.10. The molecule has 0 aliphatic rings. The molecule has 1 heterocycles. The Labute approximate surface area is 161 Å². The van der Waals surface area contributed by atoms with E-state index in [-0.39, 0.29) is 0 Å².